The molecule has 4 aromatic carbocycles. The number of carbonyl (C=O) groups excluding carboxylic acids is 1. The van der Waals surface area contributed by atoms with Crippen LogP contribution in [0, 0.1) is 13.8 Å². The third-order valence-corrected chi connectivity index (χ3v) is 7.83. The lowest BCUT2D eigenvalue weighted by Crippen LogP contribution is -2.26. The van der Waals surface area contributed by atoms with E-state index in [4.69, 9.17) is 9.84 Å². The number of sulfone groups is 1. The summed E-state index contributed by atoms with van der Waals surface area (Å²) in [6, 6.07) is 21.0. The average Bonchev–Trinajstić information content (AvgIpc) is 3.19. The molecule has 0 aliphatic carbocycles. The van der Waals surface area contributed by atoms with Gasteiger partial charge in [-0.3, -0.25) is 15.1 Å². The normalized spacial score (nSPS) is 13.8. The van der Waals surface area contributed by atoms with Crippen molar-refractivity contribution in [2.24, 2.45) is 5.10 Å². The number of rotatable bonds is 6. The van der Waals surface area contributed by atoms with Crippen molar-refractivity contribution in [3.63, 3.8) is 0 Å². The molecular formula is C30H25N3O7S. The van der Waals surface area contributed by atoms with Gasteiger partial charge in [-0.15, -0.1) is 0 Å². The highest BCUT2D eigenvalue weighted by Gasteiger charge is 2.36. The molecule has 10 nitrogen and oxygen atoms in total. The summed E-state index contributed by atoms with van der Waals surface area (Å²) in [6.45, 7) is 3.87. The second-order valence-electron chi connectivity index (χ2n) is 9.53. The van der Waals surface area contributed by atoms with Crippen molar-refractivity contribution < 1.29 is 33.0 Å². The number of hydrogen-bond acceptors (Lipinski definition) is 8. The zero-order chi connectivity index (χ0) is 29.5. The summed E-state index contributed by atoms with van der Waals surface area (Å²) in [5.41, 5.74) is 7.19. The molecule has 0 aromatic heterocycles. The Morgan fingerprint density at radius 3 is 2.39 bits per heavy atom. The van der Waals surface area contributed by atoms with Gasteiger partial charge in [0, 0.05) is 23.1 Å². The number of aryl methyl sites for hydroxylation is 2. The SMILES string of the molecule is Cc1ccc(N2C(=O)C(=NNc3cccc(-c4cccc(OC(=O)O)c4)c3O)c3ccc(S(C)(=O)=O)cc32)cc1C. The summed E-state index contributed by atoms with van der Waals surface area (Å²) >= 11 is 0. The quantitative estimate of drug-likeness (QED) is 0.117. The standard InChI is InChI=1S/C30H25N3O7S/c1-17-10-11-20(14-18(17)2)33-26-16-22(41(3,38)39)12-13-24(26)27(29(33)35)32-31-25-9-5-8-23(28(25)34)19-6-4-7-21(15-19)40-30(36)37/h4-16,31,34H,1-3H3,(H,36,37). The van der Waals surface area contributed by atoms with E-state index >= 15 is 0 Å². The van der Waals surface area contributed by atoms with E-state index in [2.05, 4.69) is 10.5 Å². The van der Waals surface area contributed by atoms with Crippen LogP contribution in [-0.4, -0.2) is 42.7 Å². The number of carboxylic acid groups (broad SMARTS) is 1. The smallest absolute Gasteiger partial charge is 0.505 e. The minimum atomic E-state index is -3.55. The van der Waals surface area contributed by atoms with Gasteiger partial charge in [0.05, 0.1) is 16.3 Å². The second kappa shape index (κ2) is 10.4. The molecule has 0 unspecified atom stereocenters. The van der Waals surface area contributed by atoms with Gasteiger partial charge in [-0.25, -0.2) is 13.2 Å². The molecule has 208 valence electrons. The Morgan fingerprint density at radius 1 is 0.927 bits per heavy atom. The largest absolute Gasteiger partial charge is 0.511 e. The van der Waals surface area contributed by atoms with Crippen LogP contribution in [0.1, 0.15) is 16.7 Å². The van der Waals surface area contributed by atoms with Crippen LogP contribution in [0.15, 0.2) is 88.9 Å². The zero-order valence-corrected chi connectivity index (χ0v) is 23.1. The van der Waals surface area contributed by atoms with Gasteiger partial charge >= 0.3 is 6.16 Å². The van der Waals surface area contributed by atoms with Crippen molar-refractivity contribution in [3.8, 4) is 22.6 Å². The molecule has 4 aromatic rings. The van der Waals surface area contributed by atoms with E-state index in [1.165, 1.54) is 35.2 Å². The molecule has 0 atom stereocenters. The monoisotopic (exact) mass is 571 g/mol. The molecule has 0 saturated heterocycles. The first-order valence-corrected chi connectivity index (χ1v) is 14.3. The third kappa shape index (κ3) is 5.35. The Morgan fingerprint density at radius 2 is 1.68 bits per heavy atom. The predicted octanol–water partition coefficient (Wildman–Crippen LogP) is 5.63. The van der Waals surface area contributed by atoms with Gasteiger partial charge in [-0.2, -0.15) is 5.10 Å². The van der Waals surface area contributed by atoms with E-state index in [9.17, 15) is 23.1 Å². The highest BCUT2D eigenvalue weighted by molar-refractivity contribution is 7.90. The second-order valence-corrected chi connectivity index (χ2v) is 11.5. The zero-order valence-electron chi connectivity index (χ0n) is 22.2. The van der Waals surface area contributed by atoms with Gasteiger partial charge in [-0.1, -0.05) is 30.3 Å². The van der Waals surface area contributed by atoms with Gasteiger partial charge < -0.3 is 14.9 Å². The molecule has 3 N–H and O–H groups in total. The van der Waals surface area contributed by atoms with E-state index < -0.39 is 21.9 Å². The Balaban J connectivity index is 1.55. The number of nitrogens with one attached hydrogen (secondary N) is 1. The molecule has 5 rings (SSSR count). The van der Waals surface area contributed by atoms with Crippen LogP contribution < -0.4 is 15.1 Å². The molecule has 1 aliphatic heterocycles. The summed E-state index contributed by atoms with van der Waals surface area (Å²) in [6.07, 6.45) is -0.362. The number of phenolic OH excluding ortho intramolecular Hbond substituents is 1. The topological polar surface area (TPSA) is 146 Å². The Hall–Kier alpha value is -5.16. The summed E-state index contributed by atoms with van der Waals surface area (Å²) < 4.78 is 29.3. The number of hydrazone groups is 1. The van der Waals surface area contributed by atoms with Gasteiger partial charge in [0.2, 0.25) is 0 Å². The number of nitrogens with zero attached hydrogens (tertiary/aromatic N) is 2. The van der Waals surface area contributed by atoms with Crippen molar-refractivity contribution in [3.05, 3.63) is 95.6 Å². The number of fused-ring (bicyclic) bond motifs is 1. The van der Waals surface area contributed by atoms with Crippen molar-refractivity contribution in [2.45, 2.75) is 18.7 Å². The summed E-state index contributed by atoms with van der Waals surface area (Å²) in [4.78, 5) is 26.1. The number of aromatic hydroxyl groups is 1. The fourth-order valence-electron chi connectivity index (χ4n) is 4.50. The lowest BCUT2D eigenvalue weighted by atomic mass is 10.0. The van der Waals surface area contributed by atoms with Crippen molar-refractivity contribution >= 4 is 44.7 Å². The summed E-state index contributed by atoms with van der Waals surface area (Å²) in [5.74, 6) is -0.579. The maximum absolute atomic E-state index is 13.7. The van der Waals surface area contributed by atoms with E-state index in [1.807, 2.05) is 26.0 Å². The van der Waals surface area contributed by atoms with Gasteiger partial charge in [0.25, 0.3) is 5.91 Å². The number of carbonyl (C=O) groups is 2. The number of benzene rings is 4. The summed E-state index contributed by atoms with van der Waals surface area (Å²) in [5, 5.41) is 24.3. The van der Waals surface area contributed by atoms with Crippen molar-refractivity contribution in [1.29, 1.82) is 0 Å². The van der Waals surface area contributed by atoms with E-state index in [-0.39, 0.29) is 27.8 Å². The lowest BCUT2D eigenvalue weighted by molar-refractivity contribution is -0.111. The molecule has 1 heterocycles. The van der Waals surface area contributed by atoms with Crippen LogP contribution >= 0.6 is 0 Å². The van der Waals surface area contributed by atoms with Crippen molar-refractivity contribution in [2.75, 3.05) is 16.6 Å². The number of anilines is 3. The first kappa shape index (κ1) is 27.4. The Labute approximate surface area is 236 Å². The molecule has 0 bridgehead atoms. The van der Waals surface area contributed by atoms with Gasteiger partial charge in [-0.05, 0) is 79.1 Å². The van der Waals surface area contributed by atoms with Crippen LogP contribution in [0.5, 0.6) is 11.5 Å². The number of amides is 1. The molecule has 0 radical (unpaired) electrons. The predicted molar refractivity (Wildman–Crippen MR) is 155 cm³/mol. The highest BCUT2D eigenvalue weighted by Crippen LogP contribution is 2.39. The number of phenols is 1. The average molecular weight is 572 g/mol. The highest BCUT2D eigenvalue weighted by atomic mass is 32.2. The first-order valence-electron chi connectivity index (χ1n) is 12.4. The van der Waals surface area contributed by atoms with Crippen LogP contribution in [-0.2, 0) is 14.6 Å². The Bertz CT molecular complexity index is 1870. The molecule has 1 amide bonds. The maximum atomic E-state index is 13.7. The third-order valence-electron chi connectivity index (χ3n) is 6.72. The molecular weight excluding hydrogens is 546 g/mol. The molecule has 41 heavy (non-hydrogen) atoms. The van der Waals surface area contributed by atoms with Crippen LogP contribution in [0.2, 0.25) is 0 Å². The first-order chi connectivity index (χ1) is 19.4. The van der Waals surface area contributed by atoms with Crippen LogP contribution in [0.25, 0.3) is 11.1 Å². The van der Waals surface area contributed by atoms with Crippen molar-refractivity contribution in [1.82, 2.24) is 0 Å². The minimum Gasteiger partial charge on any atom is -0.505 e. The van der Waals surface area contributed by atoms with E-state index in [0.717, 1.165) is 17.4 Å². The van der Waals surface area contributed by atoms with Gasteiger partial charge in [0.1, 0.15) is 11.5 Å². The van der Waals surface area contributed by atoms with Crippen LogP contribution in [0.3, 0.4) is 0 Å². The molecule has 0 fully saturated rings. The fourth-order valence-corrected chi connectivity index (χ4v) is 5.14. The number of para-hydroxylation sites is 1. The molecule has 1 aliphatic rings. The lowest BCUT2D eigenvalue weighted by Gasteiger charge is -2.18. The molecule has 0 spiro atoms. The molecule has 0 saturated carbocycles. The fraction of sp³-hybridized carbons (Fsp3) is 0.100. The summed E-state index contributed by atoms with van der Waals surface area (Å²) in [7, 11) is -3.55. The van der Waals surface area contributed by atoms with Gasteiger partial charge in [0.15, 0.2) is 15.5 Å². The van der Waals surface area contributed by atoms with E-state index in [0.29, 0.717) is 28.1 Å². The number of ether oxygens (including phenoxy) is 1. The maximum Gasteiger partial charge on any atom is 0.511 e. The Kier molecular flexibility index (Phi) is 6.97. The van der Waals surface area contributed by atoms with E-state index in [1.54, 1.807) is 36.4 Å². The molecule has 11 heteroatoms. The van der Waals surface area contributed by atoms with Crippen LogP contribution in [0.4, 0.5) is 21.9 Å². The number of hydrogen-bond donors (Lipinski definition) is 3. The minimum absolute atomic E-state index is 0.0277.